The number of benzene rings is 2. The summed E-state index contributed by atoms with van der Waals surface area (Å²) in [6.45, 7) is 12.1. The fraction of sp³-hybridized carbons (Fsp3) is 0.448. The lowest BCUT2D eigenvalue weighted by atomic mass is 9.96. The number of rotatable bonds is 12. The van der Waals surface area contributed by atoms with Crippen molar-refractivity contribution in [2.75, 3.05) is 25.5 Å². The minimum atomic E-state index is 0.0564. The molecule has 6 nitrogen and oxygen atoms in total. The van der Waals surface area contributed by atoms with Crippen LogP contribution in [0.15, 0.2) is 54.7 Å². The summed E-state index contributed by atoms with van der Waals surface area (Å²) in [5, 5.41) is 8.63. The van der Waals surface area contributed by atoms with Gasteiger partial charge in [0.2, 0.25) is 0 Å². The Labute approximate surface area is 210 Å². The van der Waals surface area contributed by atoms with Crippen LogP contribution in [0.4, 0.5) is 5.69 Å². The van der Waals surface area contributed by atoms with E-state index in [2.05, 4.69) is 45.3 Å². The van der Waals surface area contributed by atoms with E-state index in [9.17, 15) is 4.79 Å². The lowest BCUT2D eigenvalue weighted by Gasteiger charge is -2.22. The molecule has 1 unspecified atom stereocenters. The summed E-state index contributed by atoms with van der Waals surface area (Å²) in [4.78, 5) is 14.4. The van der Waals surface area contributed by atoms with Gasteiger partial charge >= 0.3 is 0 Å². The second kappa shape index (κ2) is 12.4. The molecule has 0 saturated carbocycles. The number of aromatic nitrogens is 2. The molecule has 3 aromatic rings. The van der Waals surface area contributed by atoms with E-state index in [1.54, 1.807) is 4.90 Å². The van der Waals surface area contributed by atoms with E-state index >= 15 is 0 Å². The third-order valence-corrected chi connectivity index (χ3v) is 6.01. The second-order valence-corrected chi connectivity index (χ2v) is 9.39. The van der Waals surface area contributed by atoms with Crippen molar-refractivity contribution < 1.29 is 9.53 Å². The highest BCUT2D eigenvalue weighted by Crippen LogP contribution is 2.30. The normalized spacial score (nSPS) is 12.0. The zero-order chi connectivity index (χ0) is 25.4. The fourth-order valence-electron chi connectivity index (χ4n) is 4.31. The Bertz CT molecular complexity index is 1090. The number of amides is 1. The van der Waals surface area contributed by atoms with Crippen molar-refractivity contribution in [3.8, 4) is 11.4 Å². The number of hydrogen-bond acceptors (Lipinski definition) is 4. The second-order valence-electron chi connectivity index (χ2n) is 9.39. The molecule has 0 aliphatic heterocycles. The lowest BCUT2D eigenvalue weighted by Crippen LogP contribution is -2.27. The SMILES string of the molecule is CCCN(C)C(=O)c1ccc(NC(CC(C)C)c2cn(-c3cccc(OCC)c3)nc2CC)cc1. The first-order valence-electron chi connectivity index (χ1n) is 12.8. The number of anilines is 1. The van der Waals surface area contributed by atoms with Crippen molar-refractivity contribution in [3.05, 3.63) is 71.5 Å². The van der Waals surface area contributed by atoms with Crippen molar-refractivity contribution in [3.63, 3.8) is 0 Å². The first-order valence-corrected chi connectivity index (χ1v) is 12.8. The Balaban J connectivity index is 1.87. The van der Waals surface area contributed by atoms with Gasteiger partial charge in [0.15, 0.2) is 0 Å². The molecule has 0 spiro atoms. The number of ether oxygens (including phenoxy) is 1. The summed E-state index contributed by atoms with van der Waals surface area (Å²) in [5.41, 5.74) is 4.98. The highest BCUT2D eigenvalue weighted by Gasteiger charge is 2.21. The Kier molecular flexibility index (Phi) is 9.35. The number of nitrogens with zero attached hydrogens (tertiary/aromatic N) is 3. The summed E-state index contributed by atoms with van der Waals surface area (Å²) in [7, 11) is 1.85. The first-order chi connectivity index (χ1) is 16.9. The van der Waals surface area contributed by atoms with Gasteiger partial charge in [-0.25, -0.2) is 4.68 Å². The minimum absolute atomic E-state index is 0.0564. The van der Waals surface area contributed by atoms with Crippen molar-refractivity contribution >= 4 is 11.6 Å². The quantitative estimate of drug-likeness (QED) is 0.323. The molecule has 1 N–H and O–H groups in total. The van der Waals surface area contributed by atoms with E-state index in [4.69, 9.17) is 9.84 Å². The summed E-state index contributed by atoms with van der Waals surface area (Å²) in [5.74, 6) is 1.41. The molecule has 0 radical (unpaired) electrons. The Morgan fingerprint density at radius 3 is 2.49 bits per heavy atom. The van der Waals surface area contributed by atoms with Crippen LogP contribution in [0, 0.1) is 5.92 Å². The van der Waals surface area contributed by atoms with E-state index in [0.717, 1.165) is 48.6 Å². The van der Waals surface area contributed by atoms with Gasteiger partial charge in [-0.1, -0.05) is 33.8 Å². The number of nitrogens with one attached hydrogen (secondary N) is 1. The molecule has 3 rings (SSSR count). The zero-order valence-corrected chi connectivity index (χ0v) is 22.0. The van der Waals surface area contributed by atoms with Gasteiger partial charge in [-0.3, -0.25) is 4.79 Å². The number of carbonyl (C=O) groups excluding carboxylic acids is 1. The molecule has 1 amide bonds. The molecule has 0 fully saturated rings. The average Bonchev–Trinajstić information content (AvgIpc) is 3.28. The van der Waals surface area contributed by atoms with Crippen LogP contribution in [0.3, 0.4) is 0 Å². The highest BCUT2D eigenvalue weighted by molar-refractivity contribution is 5.94. The van der Waals surface area contributed by atoms with Crippen LogP contribution in [-0.2, 0) is 6.42 Å². The minimum Gasteiger partial charge on any atom is -0.494 e. The van der Waals surface area contributed by atoms with Crippen molar-refractivity contribution in [1.82, 2.24) is 14.7 Å². The molecule has 188 valence electrons. The smallest absolute Gasteiger partial charge is 0.253 e. The molecule has 2 aromatic carbocycles. The predicted octanol–water partition coefficient (Wildman–Crippen LogP) is 6.51. The third-order valence-electron chi connectivity index (χ3n) is 6.01. The average molecular weight is 477 g/mol. The maximum atomic E-state index is 12.6. The molecule has 1 heterocycles. The van der Waals surface area contributed by atoms with E-state index in [1.165, 1.54) is 5.56 Å². The Morgan fingerprint density at radius 1 is 1.11 bits per heavy atom. The van der Waals surface area contributed by atoms with Gasteiger partial charge in [-0.05, 0) is 68.5 Å². The van der Waals surface area contributed by atoms with E-state index in [0.29, 0.717) is 18.1 Å². The maximum Gasteiger partial charge on any atom is 0.253 e. The van der Waals surface area contributed by atoms with Crippen LogP contribution in [0.2, 0.25) is 0 Å². The third kappa shape index (κ3) is 6.87. The van der Waals surface area contributed by atoms with E-state index in [-0.39, 0.29) is 11.9 Å². The highest BCUT2D eigenvalue weighted by atomic mass is 16.5. The van der Waals surface area contributed by atoms with Crippen molar-refractivity contribution in [2.24, 2.45) is 5.92 Å². The van der Waals surface area contributed by atoms with Gasteiger partial charge in [0.05, 0.1) is 24.0 Å². The van der Waals surface area contributed by atoms with Gasteiger partial charge in [-0.2, -0.15) is 5.10 Å². The summed E-state index contributed by atoms with van der Waals surface area (Å²) < 4.78 is 7.64. The Hall–Kier alpha value is -3.28. The van der Waals surface area contributed by atoms with Crippen molar-refractivity contribution in [2.45, 2.75) is 59.9 Å². The molecular weight excluding hydrogens is 436 g/mol. The summed E-state index contributed by atoms with van der Waals surface area (Å²) >= 11 is 0. The summed E-state index contributed by atoms with van der Waals surface area (Å²) in [6.07, 6.45) is 4.90. The van der Waals surface area contributed by atoms with Gasteiger partial charge in [0.25, 0.3) is 5.91 Å². The largest absolute Gasteiger partial charge is 0.494 e. The predicted molar refractivity (Wildman–Crippen MR) is 144 cm³/mol. The van der Waals surface area contributed by atoms with Gasteiger partial charge in [-0.15, -0.1) is 0 Å². The van der Waals surface area contributed by atoms with Crippen LogP contribution in [0.1, 0.15) is 75.1 Å². The molecule has 0 saturated heterocycles. The topological polar surface area (TPSA) is 59.4 Å². The molecule has 1 atom stereocenters. The fourth-order valence-corrected chi connectivity index (χ4v) is 4.31. The molecular formula is C29H40N4O2. The number of aryl methyl sites for hydroxylation is 1. The number of carbonyl (C=O) groups is 1. The standard InChI is InChI=1S/C29H40N4O2/c1-7-17-32(6)29(34)22-13-15-23(16-14-22)30-28(18-21(4)5)26-20-33(31-27(26)8-2)24-11-10-12-25(19-24)35-9-3/h10-16,19-21,28,30H,7-9,17-18H2,1-6H3. The van der Waals surface area contributed by atoms with Crippen LogP contribution in [0.25, 0.3) is 5.69 Å². The zero-order valence-electron chi connectivity index (χ0n) is 22.0. The molecule has 0 aliphatic rings. The van der Waals surface area contributed by atoms with Crippen LogP contribution >= 0.6 is 0 Å². The molecule has 1 aromatic heterocycles. The Morgan fingerprint density at radius 2 is 1.86 bits per heavy atom. The molecule has 6 heteroatoms. The molecule has 0 aliphatic carbocycles. The molecule has 35 heavy (non-hydrogen) atoms. The van der Waals surface area contributed by atoms with E-state index < -0.39 is 0 Å². The lowest BCUT2D eigenvalue weighted by molar-refractivity contribution is 0.0795. The van der Waals surface area contributed by atoms with Crippen LogP contribution < -0.4 is 10.1 Å². The monoisotopic (exact) mass is 476 g/mol. The van der Waals surface area contributed by atoms with Gasteiger partial charge in [0.1, 0.15) is 5.75 Å². The summed E-state index contributed by atoms with van der Waals surface area (Å²) in [6, 6.07) is 16.0. The van der Waals surface area contributed by atoms with Gasteiger partial charge < -0.3 is 15.0 Å². The van der Waals surface area contributed by atoms with Crippen LogP contribution in [-0.4, -0.2) is 40.8 Å². The maximum absolute atomic E-state index is 12.6. The van der Waals surface area contributed by atoms with Crippen LogP contribution in [0.5, 0.6) is 5.75 Å². The van der Waals surface area contributed by atoms with Gasteiger partial charge in [0, 0.05) is 42.7 Å². The van der Waals surface area contributed by atoms with Crippen molar-refractivity contribution in [1.29, 1.82) is 0 Å². The molecule has 0 bridgehead atoms. The van der Waals surface area contributed by atoms with E-state index in [1.807, 2.05) is 61.1 Å². The number of hydrogen-bond donors (Lipinski definition) is 1. The first kappa shape index (κ1) is 26.3.